The third-order valence-electron chi connectivity index (χ3n) is 3.44. The molecule has 0 aromatic carbocycles. The van der Waals surface area contributed by atoms with Crippen molar-refractivity contribution >= 4 is 5.91 Å². The molecule has 1 aliphatic rings. The van der Waals surface area contributed by atoms with Crippen molar-refractivity contribution in [2.45, 2.75) is 59.2 Å². The van der Waals surface area contributed by atoms with Crippen LogP contribution in [0.5, 0.6) is 0 Å². The minimum atomic E-state index is -0.0969. The van der Waals surface area contributed by atoms with Crippen molar-refractivity contribution in [3.8, 4) is 0 Å². The van der Waals surface area contributed by atoms with Crippen LogP contribution in [0.3, 0.4) is 0 Å². The Labute approximate surface area is 104 Å². The first-order valence-corrected chi connectivity index (χ1v) is 6.38. The summed E-state index contributed by atoms with van der Waals surface area (Å²) >= 11 is 0. The van der Waals surface area contributed by atoms with Gasteiger partial charge in [-0.25, -0.2) is 0 Å². The van der Waals surface area contributed by atoms with Crippen LogP contribution in [0.25, 0.3) is 0 Å². The number of ether oxygens (including phenoxy) is 1. The molecule has 0 spiro atoms. The standard InChI is InChI=1S/C13H26N2O2/c1-9-8-17-10(2)7-15(9)12(16)6-11(14)13(3,4)5/h9-11H,6-8,14H2,1-5H3. The molecule has 0 aromatic heterocycles. The highest BCUT2D eigenvalue weighted by Gasteiger charge is 2.30. The Kier molecular flexibility index (Phi) is 4.55. The van der Waals surface area contributed by atoms with Gasteiger partial charge in [0.1, 0.15) is 0 Å². The zero-order valence-electron chi connectivity index (χ0n) is 11.7. The summed E-state index contributed by atoms with van der Waals surface area (Å²) in [6, 6.07) is 0.0613. The van der Waals surface area contributed by atoms with Crippen LogP contribution in [0.4, 0.5) is 0 Å². The number of carbonyl (C=O) groups excluding carboxylic acids is 1. The van der Waals surface area contributed by atoms with Gasteiger partial charge in [0, 0.05) is 19.0 Å². The maximum absolute atomic E-state index is 12.2. The highest BCUT2D eigenvalue weighted by Crippen LogP contribution is 2.21. The Bertz CT molecular complexity index is 273. The lowest BCUT2D eigenvalue weighted by atomic mass is 9.85. The highest BCUT2D eigenvalue weighted by molar-refractivity contribution is 5.77. The third-order valence-corrected chi connectivity index (χ3v) is 3.44. The minimum Gasteiger partial charge on any atom is -0.375 e. The van der Waals surface area contributed by atoms with E-state index in [2.05, 4.69) is 20.8 Å². The Hall–Kier alpha value is -0.610. The molecule has 1 fully saturated rings. The lowest BCUT2D eigenvalue weighted by Gasteiger charge is -2.38. The van der Waals surface area contributed by atoms with Crippen molar-refractivity contribution in [1.29, 1.82) is 0 Å². The molecule has 0 aliphatic carbocycles. The Morgan fingerprint density at radius 3 is 2.59 bits per heavy atom. The van der Waals surface area contributed by atoms with Crippen LogP contribution in [0, 0.1) is 5.41 Å². The first-order valence-electron chi connectivity index (χ1n) is 6.38. The van der Waals surface area contributed by atoms with Gasteiger partial charge in [-0.15, -0.1) is 0 Å². The van der Waals surface area contributed by atoms with E-state index in [-0.39, 0.29) is 29.5 Å². The molecule has 0 saturated carbocycles. The summed E-state index contributed by atoms with van der Waals surface area (Å²) in [7, 11) is 0. The highest BCUT2D eigenvalue weighted by atomic mass is 16.5. The third kappa shape index (κ3) is 3.96. The second kappa shape index (κ2) is 5.36. The molecule has 1 saturated heterocycles. The molecule has 1 aliphatic heterocycles. The van der Waals surface area contributed by atoms with Gasteiger partial charge < -0.3 is 15.4 Å². The van der Waals surface area contributed by atoms with Gasteiger partial charge in [0.15, 0.2) is 0 Å². The van der Waals surface area contributed by atoms with Gasteiger partial charge in [0.05, 0.1) is 18.8 Å². The molecule has 1 amide bonds. The van der Waals surface area contributed by atoms with Crippen molar-refractivity contribution in [2.24, 2.45) is 11.1 Å². The van der Waals surface area contributed by atoms with Gasteiger partial charge in [0.2, 0.25) is 5.91 Å². The summed E-state index contributed by atoms with van der Waals surface area (Å²) in [5, 5.41) is 0. The molecule has 3 atom stereocenters. The summed E-state index contributed by atoms with van der Waals surface area (Å²) in [6.07, 6.45) is 0.543. The normalized spacial score (nSPS) is 28.0. The van der Waals surface area contributed by atoms with Gasteiger partial charge in [-0.2, -0.15) is 0 Å². The molecule has 0 radical (unpaired) electrons. The number of hydrogen-bond acceptors (Lipinski definition) is 3. The van der Waals surface area contributed by atoms with Crippen LogP contribution >= 0.6 is 0 Å². The van der Waals surface area contributed by atoms with Gasteiger partial charge >= 0.3 is 0 Å². The predicted octanol–water partition coefficient (Wildman–Crippen LogP) is 1.39. The zero-order chi connectivity index (χ0) is 13.2. The fraction of sp³-hybridized carbons (Fsp3) is 0.923. The SMILES string of the molecule is CC1CN(C(=O)CC(N)C(C)(C)C)C(C)CO1. The maximum Gasteiger partial charge on any atom is 0.224 e. The lowest BCUT2D eigenvalue weighted by molar-refractivity contribution is -0.144. The average molecular weight is 242 g/mol. The fourth-order valence-corrected chi connectivity index (χ4v) is 1.86. The van der Waals surface area contributed by atoms with E-state index in [1.54, 1.807) is 0 Å². The lowest BCUT2D eigenvalue weighted by Crippen LogP contribution is -2.52. The van der Waals surface area contributed by atoms with Gasteiger partial charge in [0.25, 0.3) is 0 Å². The van der Waals surface area contributed by atoms with Crippen LogP contribution in [-0.4, -0.2) is 42.1 Å². The molecule has 3 unspecified atom stereocenters. The molecule has 0 bridgehead atoms. The van der Waals surface area contributed by atoms with Crippen molar-refractivity contribution < 1.29 is 9.53 Å². The van der Waals surface area contributed by atoms with Gasteiger partial charge in [-0.05, 0) is 19.3 Å². The van der Waals surface area contributed by atoms with E-state index in [0.717, 1.165) is 0 Å². The number of nitrogens with zero attached hydrogens (tertiary/aromatic N) is 1. The zero-order valence-corrected chi connectivity index (χ0v) is 11.7. The largest absolute Gasteiger partial charge is 0.375 e. The van der Waals surface area contributed by atoms with Crippen LogP contribution in [0.15, 0.2) is 0 Å². The Morgan fingerprint density at radius 2 is 2.06 bits per heavy atom. The molecule has 4 heteroatoms. The monoisotopic (exact) mass is 242 g/mol. The summed E-state index contributed by atoms with van der Waals surface area (Å²) in [5.41, 5.74) is 6.03. The van der Waals surface area contributed by atoms with E-state index in [0.29, 0.717) is 19.6 Å². The molecule has 1 rings (SSSR count). The molecule has 17 heavy (non-hydrogen) atoms. The smallest absolute Gasteiger partial charge is 0.224 e. The number of hydrogen-bond donors (Lipinski definition) is 1. The molecule has 4 nitrogen and oxygen atoms in total. The van der Waals surface area contributed by atoms with Gasteiger partial charge in [-0.1, -0.05) is 20.8 Å². The van der Waals surface area contributed by atoms with Gasteiger partial charge in [-0.3, -0.25) is 4.79 Å². The van der Waals surface area contributed by atoms with E-state index >= 15 is 0 Å². The van der Waals surface area contributed by atoms with E-state index in [1.807, 2.05) is 18.7 Å². The summed E-state index contributed by atoms with van der Waals surface area (Å²) < 4.78 is 5.52. The maximum atomic E-state index is 12.2. The number of amides is 1. The fourth-order valence-electron chi connectivity index (χ4n) is 1.86. The average Bonchev–Trinajstić information content (AvgIpc) is 2.20. The number of morpholine rings is 1. The summed E-state index contributed by atoms with van der Waals surface area (Å²) in [6.45, 7) is 11.5. The van der Waals surface area contributed by atoms with E-state index in [4.69, 9.17) is 10.5 Å². The first kappa shape index (κ1) is 14.5. The molecule has 1 heterocycles. The predicted molar refractivity (Wildman–Crippen MR) is 68.6 cm³/mol. The van der Waals surface area contributed by atoms with E-state index in [9.17, 15) is 4.79 Å². The van der Waals surface area contributed by atoms with Crippen LogP contribution < -0.4 is 5.73 Å². The topological polar surface area (TPSA) is 55.6 Å². The van der Waals surface area contributed by atoms with Crippen molar-refractivity contribution in [1.82, 2.24) is 4.90 Å². The second-order valence-corrected chi connectivity index (χ2v) is 6.22. The van der Waals surface area contributed by atoms with Crippen molar-refractivity contribution in [3.05, 3.63) is 0 Å². The van der Waals surface area contributed by atoms with E-state index < -0.39 is 0 Å². The molecule has 2 N–H and O–H groups in total. The number of rotatable bonds is 2. The van der Waals surface area contributed by atoms with Crippen molar-refractivity contribution in [2.75, 3.05) is 13.2 Å². The van der Waals surface area contributed by atoms with Crippen LogP contribution in [0.2, 0.25) is 0 Å². The summed E-state index contributed by atoms with van der Waals surface area (Å²) in [4.78, 5) is 14.1. The van der Waals surface area contributed by atoms with E-state index in [1.165, 1.54) is 0 Å². The number of nitrogens with two attached hydrogens (primary N) is 1. The molecular weight excluding hydrogens is 216 g/mol. The molecule has 100 valence electrons. The Morgan fingerprint density at radius 1 is 1.47 bits per heavy atom. The Balaban J connectivity index is 2.57. The molecule has 0 aromatic rings. The minimum absolute atomic E-state index is 0.0310. The molecular formula is C13H26N2O2. The second-order valence-electron chi connectivity index (χ2n) is 6.22. The van der Waals surface area contributed by atoms with Crippen LogP contribution in [-0.2, 0) is 9.53 Å². The first-order chi connectivity index (χ1) is 7.71. The van der Waals surface area contributed by atoms with Crippen molar-refractivity contribution in [3.63, 3.8) is 0 Å². The summed E-state index contributed by atoms with van der Waals surface area (Å²) in [5.74, 6) is 0.148. The quantitative estimate of drug-likeness (QED) is 0.796. The van der Waals surface area contributed by atoms with Crippen LogP contribution in [0.1, 0.15) is 41.0 Å². The number of carbonyl (C=O) groups is 1.